The summed E-state index contributed by atoms with van der Waals surface area (Å²) in [5.41, 5.74) is -5.42. The van der Waals surface area contributed by atoms with E-state index in [9.17, 15) is 26.3 Å². The molecule has 0 fully saturated rings. The van der Waals surface area contributed by atoms with Crippen molar-refractivity contribution < 1.29 is 72.4 Å². The molecule has 0 N–H and O–H groups in total. The van der Waals surface area contributed by atoms with Gasteiger partial charge >= 0.3 is 11.0 Å². The zero-order valence-electron chi connectivity index (χ0n) is 21.7. The number of allylic oxidation sites excluding steroid dienone is 4. The summed E-state index contributed by atoms with van der Waals surface area (Å²) in [5.74, 6) is 1.47. The van der Waals surface area contributed by atoms with Crippen molar-refractivity contribution in [2.24, 2.45) is 0 Å². The number of nitriles is 2. The van der Waals surface area contributed by atoms with Crippen LogP contribution in [0, 0.1) is 28.6 Å². The maximum atomic E-state index is 10.7. The van der Waals surface area contributed by atoms with Crippen LogP contribution in [0.15, 0.2) is 22.3 Å². The third-order valence-corrected chi connectivity index (χ3v) is 4.51. The molecule has 1 aliphatic rings. The van der Waals surface area contributed by atoms with Crippen molar-refractivity contribution in [1.29, 1.82) is 10.5 Å². The smallest absolute Gasteiger partial charge is 0.485 e. The van der Waals surface area contributed by atoms with E-state index >= 15 is 0 Å². The van der Waals surface area contributed by atoms with Gasteiger partial charge in [-0.15, -0.1) is 7.92 Å². The SMILES string of the molecule is CC#N.CC#N.CP(C)C.C[C]1C(C)=C(C)C(C)=C1C.O=S(=O)([O-])C(F)(F)F.O=S(=O)([O-])C(F)(F)F.[Ir]. The van der Waals surface area contributed by atoms with Gasteiger partial charge in [0.15, 0.2) is 20.2 Å². The molecule has 8 nitrogen and oxygen atoms in total. The van der Waals surface area contributed by atoms with E-state index in [0.29, 0.717) is 7.92 Å². The zero-order chi connectivity index (χ0) is 30.9. The van der Waals surface area contributed by atoms with Crippen LogP contribution in [-0.2, 0) is 40.3 Å². The van der Waals surface area contributed by atoms with Crippen LogP contribution in [-0.4, -0.2) is 57.0 Å². The Bertz CT molecular complexity index is 931. The fraction of sp³-hybridized carbons (Fsp3) is 0.632. The molecule has 0 spiro atoms. The largest absolute Gasteiger partial charge is 0.741 e. The summed E-state index contributed by atoms with van der Waals surface area (Å²) in [6.07, 6.45) is 0. The molecule has 0 atom stereocenters. The van der Waals surface area contributed by atoms with Crippen molar-refractivity contribution in [2.45, 2.75) is 59.5 Å². The minimum absolute atomic E-state index is 0. The first-order valence-corrected chi connectivity index (χ1v) is 14.6. The molecule has 0 saturated heterocycles. The fourth-order valence-electron chi connectivity index (χ4n) is 1.41. The van der Waals surface area contributed by atoms with E-state index in [2.05, 4.69) is 54.6 Å². The van der Waals surface area contributed by atoms with Crippen molar-refractivity contribution in [3.05, 3.63) is 28.2 Å². The molecule has 0 heterocycles. The molecule has 0 aromatic carbocycles. The first-order chi connectivity index (χ1) is 15.6. The second-order valence-corrected chi connectivity index (χ2v) is 12.1. The Hall–Kier alpha value is -1.06. The first-order valence-electron chi connectivity index (χ1n) is 9.08. The summed E-state index contributed by atoms with van der Waals surface area (Å²) in [6, 6.07) is 3.50. The van der Waals surface area contributed by atoms with Gasteiger partial charge in [0.2, 0.25) is 0 Å². The van der Waals surface area contributed by atoms with Gasteiger partial charge in [-0.2, -0.15) is 36.9 Å². The van der Waals surface area contributed by atoms with E-state index in [1.165, 1.54) is 42.1 Å². The Kier molecular flexibility index (Phi) is 28.9. The Balaban J connectivity index is -0.0000000823. The molecule has 0 aromatic rings. The maximum absolute atomic E-state index is 10.7. The third-order valence-electron chi connectivity index (χ3n) is 3.38. The second kappa shape index (κ2) is 21.8. The van der Waals surface area contributed by atoms with Gasteiger partial charge < -0.3 is 9.11 Å². The van der Waals surface area contributed by atoms with Crippen molar-refractivity contribution in [1.82, 2.24) is 0 Å². The quantitative estimate of drug-likeness (QED) is 0.129. The van der Waals surface area contributed by atoms with Crippen LogP contribution < -0.4 is 0 Å². The van der Waals surface area contributed by atoms with Crippen LogP contribution >= 0.6 is 7.92 Å². The molecule has 1 rings (SSSR count). The molecule has 2 radical (unpaired) electrons. The van der Waals surface area contributed by atoms with Gasteiger partial charge in [0.1, 0.15) is 0 Å². The van der Waals surface area contributed by atoms with Gasteiger partial charge in [0.25, 0.3) is 0 Å². The normalized spacial score (nSPS) is 13.2. The molecule has 0 aromatic heterocycles. The first kappa shape index (κ1) is 48.9. The van der Waals surface area contributed by atoms with Crippen LogP contribution in [0.2, 0.25) is 0 Å². The summed E-state index contributed by atoms with van der Waals surface area (Å²) in [5, 5.41) is 14.6. The predicted octanol–water partition coefficient (Wildman–Crippen LogP) is 5.78. The number of halogens is 6. The van der Waals surface area contributed by atoms with Gasteiger partial charge in [-0.05, 0) is 58.8 Å². The second-order valence-electron chi connectivity index (χ2n) is 6.71. The summed E-state index contributed by atoms with van der Waals surface area (Å²) in [4.78, 5) is 0. The number of nitrogens with zero attached hydrogens (tertiary/aromatic N) is 2. The summed E-state index contributed by atoms with van der Waals surface area (Å²) in [6.45, 7) is 20.6. The minimum atomic E-state index is -6.09. The standard InChI is InChI=1S/C10H15.C3H9P.2C2H3N.2CHF3O3S.Ir/c1-6-7(2)9(4)10(5)8(6)3;1-4(2)3;2*1-2-3;2*2-1(3,4)8(5,6)7;/h1-5H3;1-3H3;2*1H3;2*(H,5,6,7);/p-2. The average Bonchev–Trinajstić information content (AvgIpc) is 2.78. The Labute approximate surface area is 230 Å². The molecule has 222 valence electrons. The monoisotopic (exact) mass is 784 g/mol. The van der Waals surface area contributed by atoms with Gasteiger partial charge in [0.05, 0.1) is 12.1 Å². The molecule has 0 saturated carbocycles. The minimum Gasteiger partial charge on any atom is -0.741 e. The Morgan fingerprint density at radius 1 is 0.649 bits per heavy atom. The van der Waals surface area contributed by atoms with Crippen LogP contribution in [0.4, 0.5) is 26.3 Å². The third kappa shape index (κ3) is 27.8. The number of alkyl halides is 6. The molecule has 37 heavy (non-hydrogen) atoms. The topological polar surface area (TPSA) is 162 Å². The van der Waals surface area contributed by atoms with Crippen LogP contribution in [0.1, 0.15) is 48.5 Å². The van der Waals surface area contributed by atoms with Crippen LogP contribution in [0.3, 0.4) is 0 Å². The maximum Gasteiger partial charge on any atom is 0.485 e. The van der Waals surface area contributed by atoms with Gasteiger partial charge in [-0.25, -0.2) is 16.8 Å². The predicted molar refractivity (Wildman–Crippen MR) is 124 cm³/mol. The summed E-state index contributed by atoms with van der Waals surface area (Å²) >= 11 is 0. The molecule has 0 aliphatic heterocycles. The van der Waals surface area contributed by atoms with E-state index in [0.717, 1.165) is 0 Å². The van der Waals surface area contributed by atoms with Gasteiger partial charge in [-0.3, -0.25) is 0 Å². The molecule has 1 aliphatic carbocycles. The van der Waals surface area contributed by atoms with E-state index in [4.69, 9.17) is 36.5 Å². The summed E-state index contributed by atoms with van der Waals surface area (Å²) in [7, 11) is -11.8. The van der Waals surface area contributed by atoms with Crippen LogP contribution in [0.25, 0.3) is 0 Å². The summed E-state index contributed by atoms with van der Waals surface area (Å²) < 4.78 is 118. The van der Waals surface area contributed by atoms with Crippen molar-refractivity contribution in [3.8, 4) is 12.1 Å². The number of hydrogen-bond acceptors (Lipinski definition) is 8. The van der Waals surface area contributed by atoms with Crippen molar-refractivity contribution in [2.75, 3.05) is 20.0 Å². The average molecular weight is 784 g/mol. The van der Waals surface area contributed by atoms with Gasteiger partial charge in [0, 0.05) is 39.9 Å². The Morgan fingerprint density at radius 2 is 0.757 bits per heavy atom. The molecular formula is C19H30F6IrN2O6PS2-2. The molecule has 0 amide bonds. The zero-order valence-corrected chi connectivity index (χ0v) is 26.6. The van der Waals surface area contributed by atoms with Crippen molar-refractivity contribution >= 4 is 28.2 Å². The molecule has 0 bridgehead atoms. The van der Waals surface area contributed by atoms with E-state index in [1.807, 2.05) is 0 Å². The Morgan fingerprint density at radius 3 is 0.784 bits per heavy atom. The van der Waals surface area contributed by atoms with E-state index in [1.54, 1.807) is 12.1 Å². The van der Waals surface area contributed by atoms with E-state index in [-0.39, 0.29) is 20.1 Å². The van der Waals surface area contributed by atoms with Crippen LogP contribution in [0.5, 0.6) is 0 Å². The molecule has 18 heteroatoms. The molecular weight excluding hydrogens is 754 g/mol. The number of rotatable bonds is 0. The number of hydrogen-bond donors (Lipinski definition) is 0. The van der Waals surface area contributed by atoms with E-state index < -0.39 is 31.3 Å². The molecule has 0 unspecified atom stereocenters. The van der Waals surface area contributed by atoms with Crippen molar-refractivity contribution in [3.63, 3.8) is 0 Å². The fourth-order valence-corrected chi connectivity index (χ4v) is 1.41. The van der Waals surface area contributed by atoms with Gasteiger partial charge in [-0.1, -0.05) is 18.1 Å².